The molecule has 1 aromatic heterocycles. The highest BCUT2D eigenvalue weighted by Crippen LogP contribution is 2.42. The third-order valence-corrected chi connectivity index (χ3v) is 8.65. The van der Waals surface area contributed by atoms with Gasteiger partial charge in [-0.3, -0.25) is 4.57 Å². The number of anilines is 1. The molecule has 0 amide bonds. The van der Waals surface area contributed by atoms with E-state index < -0.39 is 6.17 Å². The van der Waals surface area contributed by atoms with E-state index in [2.05, 4.69) is 63.4 Å². The molecule has 2 heterocycles. The molecule has 1 unspecified atom stereocenters. The van der Waals surface area contributed by atoms with Crippen molar-refractivity contribution in [2.45, 2.75) is 12.7 Å². The van der Waals surface area contributed by atoms with Gasteiger partial charge in [-0.05, 0) is 59.2 Å². The zero-order valence-electron chi connectivity index (χ0n) is 24.9. The van der Waals surface area contributed by atoms with Crippen LogP contribution in [0.2, 0.25) is 0 Å². The van der Waals surface area contributed by atoms with Crippen molar-refractivity contribution in [1.82, 2.24) is 9.47 Å². The summed E-state index contributed by atoms with van der Waals surface area (Å²) in [6, 6.07) is 42.8. The number of nitriles is 2. The Kier molecular flexibility index (Phi) is 6.91. The number of nitrogens with two attached hydrogens (primary N) is 1. The van der Waals surface area contributed by atoms with Crippen LogP contribution in [0.3, 0.4) is 0 Å². The van der Waals surface area contributed by atoms with Crippen LogP contribution in [0, 0.1) is 22.7 Å². The molecule has 2 N–H and O–H groups in total. The Morgan fingerprint density at radius 2 is 1.47 bits per heavy atom. The first-order valence-corrected chi connectivity index (χ1v) is 14.8. The molecule has 0 radical (unpaired) electrons. The van der Waals surface area contributed by atoms with Crippen LogP contribution in [-0.4, -0.2) is 16.5 Å². The first kappa shape index (κ1) is 27.7. The van der Waals surface area contributed by atoms with Gasteiger partial charge in [-0.2, -0.15) is 10.5 Å². The fourth-order valence-corrected chi connectivity index (χ4v) is 6.35. The fourth-order valence-electron chi connectivity index (χ4n) is 6.35. The van der Waals surface area contributed by atoms with Gasteiger partial charge < -0.3 is 15.5 Å². The summed E-state index contributed by atoms with van der Waals surface area (Å²) in [6.45, 7) is 5.23. The van der Waals surface area contributed by atoms with E-state index >= 15 is 0 Å². The lowest BCUT2D eigenvalue weighted by atomic mass is 9.92. The third kappa shape index (κ3) is 4.71. The maximum Gasteiger partial charge on any atom is 0.116 e. The van der Waals surface area contributed by atoms with Gasteiger partial charge in [0.2, 0.25) is 0 Å². The summed E-state index contributed by atoms with van der Waals surface area (Å²) in [4.78, 5) is 4.27. The van der Waals surface area contributed by atoms with Crippen LogP contribution in [0.15, 0.2) is 134 Å². The van der Waals surface area contributed by atoms with Gasteiger partial charge in [0.05, 0.1) is 34.3 Å². The normalized spacial score (nSPS) is 13.1. The molecule has 7 rings (SSSR count). The molecule has 6 heteroatoms. The maximum atomic E-state index is 9.69. The first-order valence-electron chi connectivity index (χ1n) is 14.8. The highest BCUT2D eigenvalue weighted by atomic mass is 15.3. The van der Waals surface area contributed by atoms with Gasteiger partial charge in [0.15, 0.2) is 0 Å². The Bertz CT molecular complexity index is 2230. The lowest BCUT2D eigenvalue weighted by Gasteiger charge is -2.35. The zero-order chi connectivity index (χ0) is 31.1. The monoisotopic (exact) mass is 582 g/mol. The Morgan fingerprint density at radius 1 is 0.800 bits per heavy atom. The van der Waals surface area contributed by atoms with Crippen molar-refractivity contribution in [2.75, 3.05) is 11.9 Å². The number of hydrogen-bond donors (Lipinski definition) is 1. The molecule has 0 fully saturated rings. The van der Waals surface area contributed by atoms with E-state index in [1.807, 2.05) is 98.0 Å². The van der Waals surface area contributed by atoms with Gasteiger partial charge in [0, 0.05) is 47.4 Å². The minimum Gasteiger partial charge on any atom is -0.341 e. The van der Waals surface area contributed by atoms with Gasteiger partial charge in [-0.25, -0.2) is 0 Å². The van der Waals surface area contributed by atoms with Crippen LogP contribution < -0.4 is 10.6 Å². The van der Waals surface area contributed by atoms with Gasteiger partial charge >= 0.3 is 0 Å². The molecule has 0 saturated carbocycles. The molecule has 5 aromatic carbocycles. The lowest BCUT2D eigenvalue weighted by Crippen LogP contribution is -2.33. The molecule has 1 aliphatic heterocycles. The van der Waals surface area contributed by atoms with Gasteiger partial charge in [-0.15, -0.1) is 0 Å². The number of fused-ring (bicyclic) bond motifs is 6. The second-order valence-electron chi connectivity index (χ2n) is 11.2. The molecule has 1 atom stereocenters. The second kappa shape index (κ2) is 11.2. The number of benzene rings is 5. The molecule has 6 aromatic rings. The van der Waals surface area contributed by atoms with E-state index in [0.717, 1.165) is 61.3 Å². The van der Waals surface area contributed by atoms with Crippen LogP contribution >= 0.6 is 0 Å². The maximum absolute atomic E-state index is 9.69. The first-order chi connectivity index (χ1) is 22.0. The van der Waals surface area contributed by atoms with E-state index in [-0.39, 0.29) is 0 Å². The van der Waals surface area contributed by atoms with Crippen molar-refractivity contribution >= 4 is 33.3 Å². The predicted molar refractivity (Wildman–Crippen MR) is 181 cm³/mol. The van der Waals surface area contributed by atoms with E-state index in [1.54, 1.807) is 0 Å². The molecular formula is C39H30N6. The fraction of sp³-hybridized carbons (Fsp3) is 0.0769. The van der Waals surface area contributed by atoms with Crippen molar-refractivity contribution in [2.24, 2.45) is 5.73 Å². The minimum atomic E-state index is -0.451. The summed E-state index contributed by atoms with van der Waals surface area (Å²) in [7, 11) is 2.00. The summed E-state index contributed by atoms with van der Waals surface area (Å²) >= 11 is 0. The quantitative estimate of drug-likeness (QED) is 0.158. The van der Waals surface area contributed by atoms with Crippen LogP contribution in [0.25, 0.3) is 38.8 Å². The molecule has 0 aliphatic carbocycles. The molecular weight excluding hydrogens is 552 g/mol. The smallest absolute Gasteiger partial charge is 0.116 e. The summed E-state index contributed by atoms with van der Waals surface area (Å²) in [5.74, 6) is 0.835. The van der Waals surface area contributed by atoms with E-state index in [1.165, 1.54) is 0 Å². The van der Waals surface area contributed by atoms with Crippen molar-refractivity contribution in [3.8, 4) is 23.3 Å². The average molecular weight is 583 g/mol. The number of aromatic nitrogens is 1. The Morgan fingerprint density at radius 3 is 2.27 bits per heavy atom. The molecule has 6 nitrogen and oxygen atoms in total. The highest BCUT2D eigenvalue weighted by molar-refractivity contribution is 6.10. The summed E-state index contributed by atoms with van der Waals surface area (Å²) < 4.78 is 2.21. The van der Waals surface area contributed by atoms with E-state index in [0.29, 0.717) is 17.7 Å². The molecule has 0 saturated heterocycles. The predicted octanol–water partition coefficient (Wildman–Crippen LogP) is 8.13. The molecule has 45 heavy (non-hydrogen) atoms. The van der Waals surface area contributed by atoms with Crippen LogP contribution in [0.5, 0.6) is 0 Å². The SMILES string of the molecule is C=C(/C=C(\N(C)C(N)c1ccccc1)n1c2ccccc2c2cc(C#N)ccc21)N1Cc2ccccc2-c2cc(C#N)ccc21. The highest BCUT2D eigenvalue weighted by Gasteiger charge is 2.26. The van der Waals surface area contributed by atoms with Crippen molar-refractivity contribution in [3.63, 3.8) is 0 Å². The summed E-state index contributed by atoms with van der Waals surface area (Å²) in [5, 5.41) is 21.4. The standard InChI is InChI=1S/C39H30N6/c1-26(44-25-30-12-6-7-13-31(30)33-21-27(23-40)16-18-35(33)44)20-38(43(2)39(42)29-10-4-3-5-11-29)45-36-15-9-8-14-32(36)34-22-28(24-41)17-19-37(34)45/h3-22,39H,1,25,42H2,2H3/b38-20+. The van der Waals surface area contributed by atoms with Gasteiger partial charge in [0.1, 0.15) is 12.0 Å². The van der Waals surface area contributed by atoms with Crippen LogP contribution in [0.4, 0.5) is 5.69 Å². The number of hydrogen-bond acceptors (Lipinski definition) is 5. The topological polar surface area (TPSA) is 85.0 Å². The van der Waals surface area contributed by atoms with E-state index in [9.17, 15) is 10.5 Å². The Labute approximate surface area is 262 Å². The minimum absolute atomic E-state index is 0.451. The van der Waals surface area contributed by atoms with Crippen LogP contribution in [0.1, 0.15) is 28.4 Å². The lowest BCUT2D eigenvalue weighted by molar-refractivity contribution is 0.351. The molecule has 1 aliphatic rings. The zero-order valence-corrected chi connectivity index (χ0v) is 24.9. The Balaban J connectivity index is 1.44. The molecule has 0 bridgehead atoms. The number of allylic oxidation sites excluding steroid dienone is 1. The third-order valence-electron chi connectivity index (χ3n) is 8.65. The summed E-state index contributed by atoms with van der Waals surface area (Å²) in [5.41, 5.74) is 16.2. The largest absolute Gasteiger partial charge is 0.341 e. The van der Waals surface area contributed by atoms with Crippen molar-refractivity contribution in [1.29, 1.82) is 10.5 Å². The van der Waals surface area contributed by atoms with Crippen LogP contribution in [-0.2, 0) is 6.54 Å². The summed E-state index contributed by atoms with van der Waals surface area (Å²) in [6.07, 6.45) is 1.63. The van der Waals surface area contributed by atoms with Gasteiger partial charge in [-0.1, -0.05) is 79.4 Å². The molecule has 0 spiro atoms. The van der Waals surface area contributed by atoms with Crippen molar-refractivity contribution in [3.05, 3.63) is 156 Å². The second-order valence-corrected chi connectivity index (χ2v) is 11.2. The van der Waals surface area contributed by atoms with Crippen molar-refractivity contribution < 1.29 is 0 Å². The van der Waals surface area contributed by atoms with Gasteiger partial charge in [0.25, 0.3) is 0 Å². The number of para-hydroxylation sites is 1. The molecule has 216 valence electrons. The van der Waals surface area contributed by atoms with E-state index in [4.69, 9.17) is 5.73 Å². The number of nitrogens with zero attached hydrogens (tertiary/aromatic N) is 5. The average Bonchev–Trinajstić information content (AvgIpc) is 3.42. The Hall–Kier alpha value is -6.08. The number of rotatable bonds is 6.